The maximum absolute atomic E-state index is 4.50. The van der Waals surface area contributed by atoms with Gasteiger partial charge in [0.05, 0.1) is 17.4 Å². The van der Waals surface area contributed by atoms with Gasteiger partial charge in [0, 0.05) is 19.5 Å². The fourth-order valence-corrected chi connectivity index (χ4v) is 2.35. The number of hydrogen-bond donors (Lipinski definition) is 1. The molecule has 0 spiro atoms. The molecule has 0 aliphatic rings. The minimum absolute atomic E-state index is 0.204. The van der Waals surface area contributed by atoms with Gasteiger partial charge in [0.1, 0.15) is 12.2 Å². The van der Waals surface area contributed by atoms with Crippen molar-refractivity contribution in [2.45, 2.75) is 46.3 Å². The lowest BCUT2D eigenvalue weighted by Gasteiger charge is -2.17. The average molecular weight is 262 g/mol. The predicted molar refractivity (Wildman–Crippen MR) is 73.8 cm³/mol. The molecule has 2 heterocycles. The van der Waals surface area contributed by atoms with Crippen LogP contribution in [0.15, 0.2) is 12.4 Å². The summed E-state index contributed by atoms with van der Waals surface area (Å²) in [4.78, 5) is 4.34. The molecule has 0 aliphatic carbocycles. The fourth-order valence-electron chi connectivity index (χ4n) is 2.35. The normalized spacial score (nSPS) is 12.8. The maximum Gasteiger partial charge on any atom is 0.138 e. The Hall–Kier alpha value is -1.69. The van der Waals surface area contributed by atoms with E-state index in [4.69, 9.17) is 0 Å². The third kappa shape index (κ3) is 2.84. The van der Waals surface area contributed by atoms with E-state index in [0.717, 1.165) is 31.0 Å². The van der Waals surface area contributed by atoms with Gasteiger partial charge in [-0.1, -0.05) is 0 Å². The van der Waals surface area contributed by atoms with Crippen LogP contribution in [0.2, 0.25) is 0 Å². The molecule has 2 aromatic heterocycles. The molecule has 104 valence electrons. The van der Waals surface area contributed by atoms with Crippen LogP contribution in [0, 0.1) is 6.92 Å². The Morgan fingerprint density at radius 2 is 2.00 bits per heavy atom. The first kappa shape index (κ1) is 13.7. The summed E-state index contributed by atoms with van der Waals surface area (Å²) in [6.45, 7) is 7.93. The zero-order valence-electron chi connectivity index (χ0n) is 12.1. The minimum atomic E-state index is 0.204. The standard InChI is InChI=1S/C13H22N6/c1-5-18-12(7-10(3)17-18)11(14-4)8-13-15-9-16-19(13)6-2/h7,9,11,14H,5-6,8H2,1-4H3. The molecule has 0 fully saturated rings. The molecule has 0 radical (unpaired) electrons. The van der Waals surface area contributed by atoms with Gasteiger partial charge in [-0.05, 0) is 33.9 Å². The lowest BCUT2D eigenvalue weighted by Crippen LogP contribution is -2.24. The summed E-state index contributed by atoms with van der Waals surface area (Å²) >= 11 is 0. The van der Waals surface area contributed by atoms with Gasteiger partial charge in [-0.25, -0.2) is 4.98 Å². The molecule has 6 heteroatoms. The van der Waals surface area contributed by atoms with Crippen molar-refractivity contribution < 1.29 is 0 Å². The molecule has 0 bridgehead atoms. The first-order valence-electron chi connectivity index (χ1n) is 6.77. The zero-order chi connectivity index (χ0) is 13.8. The van der Waals surface area contributed by atoms with Crippen LogP contribution in [0.1, 0.15) is 37.1 Å². The van der Waals surface area contributed by atoms with Gasteiger partial charge >= 0.3 is 0 Å². The first-order valence-corrected chi connectivity index (χ1v) is 6.77. The number of nitrogens with zero attached hydrogens (tertiary/aromatic N) is 5. The number of likely N-dealkylation sites (N-methyl/N-ethyl adjacent to an activating group) is 1. The molecule has 0 saturated carbocycles. The summed E-state index contributed by atoms with van der Waals surface area (Å²) in [5.74, 6) is 1.00. The second kappa shape index (κ2) is 5.97. The van der Waals surface area contributed by atoms with Crippen molar-refractivity contribution in [2.24, 2.45) is 0 Å². The van der Waals surface area contributed by atoms with Crippen LogP contribution in [0.3, 0.4) is 0 Å². The van der Waals surface area contributed by atoms with Gasteiger partial charge in [0.25, 0.3) is 0 Å². The summed E-state index contributed by atoms with van der Waals surface area (Å²) in [7, 11) is 1.97. The molecule has 2 aromatic rings. The lowest BCUT2D eigenvalue weighted by molar-refractivity contribution is 0.487. The quantitative estimate of drug-likeness (QED) is 0.853. The Bertz CT molecular complexity index is 527. The second-order valence-corrected chi connectivity index (χ2v) is 4.56. The molecular weight excluding hydrogens is 240 g/mol. The molecular formula is C13H22N6. The molecule has 0 amide bonds. The van der Waals surface area contributed by atoms with E-state index < -0.39 is 0 Å². The van der Waals surface area contributed by atoms with Gasteiger partial charge in [-0.2, -0.15) is 10.2 Å². The summed E-state index contributed by atoms with van der Waals surface area (Å²) < 4.78 is 3.98. The number of nitrogens with one attached hydrogen (secondary N) is 1. The Kier molecular flexibility index (Phi) is 4.31. The second-order valence-electron chi connectivity index (χ2n) is 4.56. The highest BCUT2D eigenvalue weighted by Gasteiger charge is 2.18. The van der Waals surface area contributed by atoms with Gasteiger partial charge < -0.3 is 5.32 Å². The zero-order valence-corrected chi connectivity index (χ0v) is 12.1. The highest BCUT2D eigenvalue weighted by Crippen LogP contribution is 2.18. The first-order chi connectivity index (χ1) is 9.19. The van der Waals surface area contributed by atoms with Crippen LogP contribution < -0.4 is 5.32 Å². The van der Waals surface area contributed by atoms with Crippen molar-refractivity contribution in [3.8, 4) is 0 Å². The van der Waals surface area contributed by atoms with Gasteiger partial charge in [0.15, 0.2) is 0 Å². The van der Waals surface area contributed by atoms with Crippen molar-refractivity contribution in [2.75, 3.05) is 7.05 Å². The Labute approximate surface area is 113 Å². The molecule has 1 unspecified atom stereocenters. The van der Waals surface area contributed by atoms with Crippen LogP contribution in [0.5, 0.6) is 0 Å². The Morgan fingerprint density at radius 3 is 2.63 bits per heavy atom. The highest BCUT2D eigenvalue weighted by molar-refractivity contribution is 5.15. The van der Waals surface area contributed by atoms with E-state index in [1.54, 1.807) is 6.33 Å². The molecule has 2 rings (SSSR count). The highest BCUT2D eigenvalue weighted by atomic mass is 15.3. The van der Waals surface area contributed by atoms with E-state index in [0.29, 0.717) is 0 Å². The number of aryl methyl sites for hydroxylation is 3. The van der Waals surface area contributed by atoms with Crippen molar-refractivity contribution in [3.63, 3.8) is 0 Å². The molecule has 1 N–H and O–H groups in total. The SMILES string of the molecule is CCn1nc(C)cc1C(Cc1ncnn1CC)NC. The van der Waals surface area contributed by atoms with E-state index in [-0.39, 0.29) is 6.04 Å². The summed E-state index contributed by atoms with van der Waals surface area (Å²) in [5, 5.41) is 12.1. The maximum atomic E-state index is 4.50. The van der Waals surface area contributed by atoms with Gasteiger partial charge in [0.2, 0.25) is 0 Å². The van der Waals surface area contributed by atoms with E-state index in [9.17, 15) is 0 Å². The van der Waals surface area contributed by atoms with Crippen LogP contribution in [0.4, 0.5) is 0 Å². The molecule has 0 aromatic carbocycles. The van der Waals surface area contributed by atoms with Crippen molar-refractivity contribution in [3.05, 3.63) is 29.6 Å². The van der Waals surface area contributed by atoms with Crippen LogP contribution in [-0.4, -0.2) is 31.6 Å². The lowest BCUT2D eigenvalue weighted by atomic mass is 10.1. The summed E-state index contributed by atoms with van der Waals surface area (Å²) in [6.07, 6.45) is 2.43. The third-order valence-electron chi connectivity index (χ3n) is 3.32. The predicted octanol–water partition coefficient (Wildman–Crippen LogP) is 1.33. The van der Waals surface area contributed by atoms with Crippen molar-refractivity contribution >= 4 is 0 Å². The van der Waals surface area contributed by atoms with E-state index in [2.05, 4.69) is 40.4 Å². The van der Waals surface area contributed by atoms with Crippen molar-refractivity contribution in [1.82, 2.24) is 29.9 Å². The molecule has 0 saturated heterocycles. The fraction of sp³-hybridized carbons (Fsp3) is 0.615. The Balaban J connectivity index is 2.25. The average Bonchev–Trinajstić information content (AvgIpc) is 3.01. The number of rotatable bonds is 6. The van der Waals surface area contributed by atoms with Gasteiger partial charge in [-0.15, -0.1) is 0 Å². The largest absolute Gasteiger partial charge is 0.311 e. The minimum Gasteiger partial charge on any atom is -0.311 e. The van der Waals surface area contributed by atoms with E-state index in [1.807, 2.05) is 23.3 Å². The summed E-state index contributed by atoms with van der Waals surface area (Å²) in [5.41, 5.74) is 2.25. The van der Waals surface area contributed by atoms with Crippen LogP contribution >= 0.6 is 0 Å². The topological polar surface area (TPSA) is 60.6 Å². The molecule has 19 heavy (non-hydrogen) atoms. The van der Waals surface area contributed by atoms with Gasteiger partial charge in [-0.3, -0.25) is 9.36 Å². The molecule has 1 atom stereocenters. The molecule has 0 aliphatic heterocycles. The monoisotopic (exact) mass is 262 g/mol. The number of hydrogen-bond acceptors (Lipinski definition) is 4. The summed E-state index contributed by atoms with van der Waals surface area (Å²) in [6, 6.07) is 2.34. The van der Waals surface area contributed by atoms with Crippen molar-refractivity contribution in [1.29, 1.82) is 0 Å². The van der Waals surface area contributed by atoms with Crippen LogP contribution in [0.25, 0.3) is 0 Å². The van der Waals surface area contributed by atoms with E-state index in [1.165, 1.54) is 5.69 Å². The van der Waals surface area contributed by atoms with E-state index >= 15 is 0 Å². The third-order valence-corrected chi connectivity index (χ3v) is 3.32. The van der Waals surface area contributed by atoms with Crippen LogP contribution in [-0.2, 0) is 19.5 Å². The smallest absolute Gasteiger partial charge is 0.138 e. The molecule has 6 nitrogen and oxygen atoms in total. The number of aromatic nitrogens is 5. The Morgan fingerprint density at radius 1 is 1.26 bits per heavy atom.